The van der Waals surface area contributed by atoms with E-state index in [0.717, 1.165) is 12.1 Å². The number of rotatable bonds is 7. The first-order chi connectivity index (χ1) is 16.7. The molecule has 11 heteroatoms. The molecule has 184 valence electrons. The molecule has 3 aromatic rings. The molecule has 1 amide bonds. The van der Waals surface area contributed by atoms with Gasteiger partial charge < -0.3 is 19.5 Å². The van der Waals surface area contributed by atoms with Crippen molar-refractivity contribution in [3.8, 4) is 23.4 Å². The van der Waals surface area contributed by atoms with Crippen LogP contribution in [0.2, 0.25) is 0 Å². The molecule has 1 aliphatic heterocycles. The molecule has 2 heterocycles. The Labute approximate surface area is 200 Å². The minimum absolute atomic E-state index is 0. The van der Waals surface area contributed by atoms with Crippen LogP contribution in [-0.4, -0.2) is 46.2 Å². The third-order valence-electron chi connectivity index (χ3n) is 5.62. The summed E-state index contributed by atoms with van der Waals surface area (Å²) in [5, 5.41) is 15.8. The van der Waals surface area contributed by atoms with Crippen molar-refractivity contribution in [1.29, 1.82) is 5.26 Å². The standard InChI is InChI=1S/C24H22F3N5O3.H2/c1-15-9-19(12-32(15)14-28)29-22(33)13-34-20-7-5-17(6-8-20)23-30-21(31-35-23)11-16-3-2-4-18(10-16)24(25,26)27;/h2-8,10,15,19H,9,11-13H2,1H3,(H,29,33);1H/t15-,19-;/m1./s1. The summed E-state index contributed by atoms with van der Waals surface area (Å²) in [6.45, 7) is 2.25. The zero-order valence-electron chi connectivity index (χ0n) is 18.7. The number of aromatic nitrogens is 2. The normalized spacial score (nSPS) is 17.7. The van der Waals surface area contributed by atoms with E-state index in [1.54, 1.807) is 35.2 Å². The first kappa shape index (κ1) is 24.1. The molecule has 1 N–H and O–H groups in total. The number of amides is 1. The maximum atomic E-state index is 12.9. The largest absolute Gasteiger partial charge is 0.484 e. The number of halogens is 3. The fourth-order valence-corrected chi connectivity index (χ4v) is 3.87. The molecule has 0 radical (unpaired) electrons. The highest BCUT2D eigenvalue weighted by molar-refractivity contribution is 5.78. The van der Waals surface area contributed by atoms with E-state index in [0.29, 0.717) is 29.8 Å². The summed E-state index contributed by atoms with van der Waals surface area (Å²) in [4.78, 5) is 18.0. The van der Waals surface area contributed by atoms with Crippen molar-refractivity contribution in [2.24, 2.45) is 0 Å². The summed E-state index contributed by atoms with van der Waals surface area (Å²) in [6, 6.07) is 11.6. The van der Waals surface area contributed by atoms with E-state index in [9.17, 15) is 18.0 Å². The molecule has 2 atom stereocenters. The average molecular weight is 487 g/mol. The Kier molecular flexibility index (Phi) is 6.91. The fourth-order valence-electron chi connectivity index (χ4n) is 3.87. The van der Waals surface area contributed by atoms with Gasteiger partial charge in [-0.3, -0.25) is 4.79 Å². The molecule has 0 bridgehead atoms. The molecule has 0 saturated carbocycles. The van der Waals surface area contributed by atoms with E-state index < -0.39 is 11.7 Å². The van der Waals surface area contributed by atoms with E-state index in [4.69, 9.17) is 14.5 Å². The van der Waals surface area contributed by atoms with Crippen molar-refractivity contribution in [2.75, 3.05) is 13.2 Å². The minimum atomic E-state index is -4.42. The lowest BCUT2D eigenvalue weighted by atomic mass is 10.1. The molecular formula is C24H24F3N5O3. The van der Waals surface area contributed by atoms with E-state index in [1.165, 1.54) is 6.07 Å². The van der Waals surface area contributed by atoms with Gasteiger partial charge in [0.2, 0.25) is 0 Å². The summed E-state index contributed by atoms with van der Waals surface area (Å²) in [6.07, 6.45) is -1.52. The van der Waals surface area contributed by atoms with Crippen LogP contribution in [0, 0.1) is 11.5 Å². The summed E-state index contributed by atoms with van der Waals surface area (Å²) >= 11 is 0. The molecule has 1 aromatic heterocycles. The van der Waals surface area contributed by atoms with Gasteiger partial charge in [-0.15, -0.1) is 0 Å². The van der Waals surface area contributed by atoms with E-state index in [2.05, 4.69) is 21.7 Å². The monoisotopic (exact) mass is 487 g/mol. The third kappa shape index (κ3) is 6.09. The molecule has 1 fully saturated rings. The molecule has 2 aromatic carbocycles. The number of nitrogens with zero attached hydrogens (tertiary/aromatic N) is 4. The second kappa shape index (κ2) is 10.0. The van der Waals surface area contributed by atoms with Gasteiger partial charge >= 0.3 is 6.18 Å². The second-order valence-electron chi connectivity index (χ2n) is 8.31. The quantitative estimate of drug-likeness (QED) is 0.502. The van der Waals surface area contributed by atoms with Crippen LogP contribution in [0.3, 0.4) is 0 Å². The van der Waals surface area contributed by atoms with Crippen molar-refractivity contribution < 1.29 is 28.7 Å². The van der Waals surface area contributed by atoms with E-state index in [-0.39, 0.29) is 44.2 Å². The van der Waals surface area contributed by atoms with Gasteiger partial charge in [-0.05, 0) is 49.2 Å². The summed E-state index contributed by atoms with van der Waals surface area (Å²) in [5.74, 6) is 0.662. The van der Waals surface area contributed by atoms with Crippen molar-refractivity contribution in [3.63, 3.8) is 0 Å². The van der Waals surface area contributed by atoms with Crippen LogP contribution in [-0.2, 0) is 17.4 Å². The molecule has 0 spiro atoms. The van der Waals surface area contributed by atoms with Gasteiger partial charge in [-0.2, -0.15) is 23.4 Å². The van der Waals surface area contributed by atoms with Gasteiger partial charge in [0.25, 0.3) is 11.8 Å². The molecule has 1 aliphatic rings. The number of nitrogens with one attached hydrogen (secondary N) is 1. The van der Waals surface area contributed by atoms with Crippen LogP contribution >= 0.6 is 0 Å². The highest BCUT2D eigenvalue weighted by Crippen LogP contribution is 2.30. The number of alkyl halides is 3. The van der Waals surface area contributed by atoms with Crippen molar-refractivity contribution in [2.45, 2.75) is 38.0 Å². The maximum Gasteiger partial charge on any atom is 0.416 e. The van der Waals surface area contributed by atoms with Crippen LogP contribution in [0.4, 0.5) is 13.2 Å². The second-order valence-corrected chi connectivity index (χ2v) is 8.31. The molecule has 4 rings (SSSR count). The molecule has 8 nitrogen and oxygen atoms in total. The lowest BCUT2D eigenvalue weighted by molar-refractivity contribution is -0.137. The Morgan fingerprint density at radius 1 is 1.31 bits per heavy atom. The van der Waals surface area contributed by atoms with Crippen molar-refractivity contribution in [1.82, 2.24) is 20.4 Å². The molecule has 1 saturated heterocycles. The lowest BCUT2D eigenvalue weighted by Crippen LogP contribution is -2.39. The first-order valence-corrected chi connectivity index (χ1v) is 10.9. The van der Waals surface area contributed by atoms with Gasteiger partial charge in [0.15, 0.2) is 18.6 Å². The predicted molar refractivity (Wildman–Crippen MR) is 120 cm³/mol. The summed E-state index contributed by atoms with van der Waals surface area (Å²) in [7, 11) is 0. The Morgan fingerprint density at radius 2 is 2.09 bits per heavy atom. The molecular weight excluding hydrogens is 463 g/mol. The number of ether oxygens (including phenoxy) is 1. The Balaban J connectivity index is 0.00000361. The predicted octanol–water partition coefficient (Wildman–Crippen LogP) is 4.03. The minimum Gasteiger partial charge on any atom is -0.484 e. The number of hydrogen-bond donors (Lipinski definition) is 1. The zero-order valence-corrected chi connectivity index (χ0v) is 18.7. The smallest absolute Gasteiger partial charge is 0.416 e. The summed E-state index contributed by atoms with van der Waals surface area (Å²) in [5.41, 5.74) is 0.285. The molecule has 0 unspecified atom stereocenters. The lowest BCUT2D eigenvalue weighted by Gasteiger charge is -2.13. The van der Waals surface area contributed by atoms with Crippen LogP contribution in [0.25, 0.3) is 11.5 Å². The highest BCUT2D eigenvalue weighted by Gasteiger charge is 2.31. The van der Waals surface area contributed by atoms with Crippen molar-refractivity contribution in [3.05, 3.63) is 65.5 Å². The van der Waals surface area contributed by atoms with Gasteiger partial charge in [-0.25, -0.2) is 0 Å². The summed E-state index contributed by atoms with van der Waals surface area (Å²) < 4.78 is 49.5. The fraction of sp³-hybridized carbons (Fsp3) is 0.333. The topological polar surface area (TPSA) is 104 Å². The number of carbonyl (C=O) groups excluding carboxylic acids is 1. The number of likely N-dealkylation sites (tertiary alicyclic amines) is 1. The average Bonchev–Trinajstić information content (AvgIpc) is 3.43. The third-order valence-corrected chi connectivity index (χ3v) is 5.62. The van der Waals surface area contributed by atoms with Crippen LogP contribution in [0.5, 0.6) is 5.75 Å². The Bertz CT molecular complexity index is 1230. The number of benzene rings is 2. The van der Waals surface area contributed by atoms with Crippen LogP contribution < -0.4 is 10.1 Å². The molecule has 0 aliphatic carbocycles. The first-order valence-electron chi connectivity index (χ1n) is 10.9. The maximum absolute atomic E-state index is 12.9. The van der Waals surface area contributed by atoms with Crippen LogP contribution in [0.1, 0.15) is 31.7 Å². The van der Waals surface area contributed by atoms with Gasteiger partial charge in [0.1, 0.15) is 5.75 Å². The van der Waals surface area contributed by atoms with E-state index in [1.807, 2.05) is 6.92 Å². The number of carbonyl (C=O) groups is 1. The SMILES string of the molecule is C[C@@H]1C[C@@H](NC(=O)COc2ccc(-c3nc(Cc4cccc(C(F)(F)F)c4)no3)cc2)CN1C#N.[HH]. The number of nitriles is 1. The number of hydrogen-bond acceptors (Lipinski definition) is 7. The zero-order chi connectivity index (χ0) is 25.0. The van der Waals surface area contributed by atoms with Crippen molar-refractivity contribution >= 4 is 5.91 Å². The Morgan fingerprint density at radius 3 is 2.77 bits per heavy atom. The molecule has 35 heavy (non-hydrogen) atoms. The van der Waals surface area contributed by atoms with Crippen LogP contribution in [0.15, 0.2) is 53.1 Å². The Hall–Kier alpha value is -4.07. The van der Waals surface area contributed by atoms with E-state index >= 15 is 0 Å². The van der Waals surface area contributed by atoms with Gasteiger partial charge in [-0.1, -0.05) is 23.4 Å². The van der Waals surface area contributed by atoms with Gasteiger partial charge in [0.05, 0.1) is 5.56 Å². The highest BCUT2D eigenvalue weighted by atomic mass is 19.4. The van der Waals surface area contributed by atoms with Gasteiger partial charge in [0, 0.05) is 32.0 Å².